The Hall–Kier alpha value is -0.120. The lowest BCUT2D eigenvalue weighted by atomic mass is 10.0. The fourth-order valence-electron chi connectivity index (χ4n) is 2.31. The van der Waals surface area contributed by atoms with Gasteiger partial charge in [-0.2, -0.15) is 0 Å². The Morgan fingerprint density at radius 1 is 1.43 bits per heavy atom. The van der Waals surface area contributed by atoms with Crippen LogP contribution >= 0.6 is 0 Å². The summed E-state index contributed by atoms with van der Waals surface area (Å²) in [5.41, 5.74) is 0.322. The van der Waals surface area contributed by atoms with Crippen LogP contribution < -0.4 is 5.32 Å². The summed E-state index contributed by atoms with van der Waals surface area (Å²) in [5.74, 6) is 0. The van der Waals surface area contributed by atoms with Gasteiger partial charge in [-0.15, -0.1) is 0 Å². The quantitative estimate of drug-likeness (QED) is 0.712. The van der Waals surface area contributed by atoms with E-state index in [0.717, 1.165) is 26.2 Å². The molecule has 0 aromatic carbocycles. The highest BCUT2D eigenvalue weighted by Crippen LogP contribution is 2.26. The first-order chi connectivity index (χ1) is 6.63. The Labute approximate surface area is 86.8 Å². The Kier molecular flexibility index (Phi) is 2.82. The molecule has 0 amide bonds. The van der Waals surface area contributed by atoms with Gasteiger partial charge in [0.1, 0.15) is 0 Å². The van der Waals surface area contributed by atoms with Crippen molar-refractivity contribution in [1.82, 2.24) is 10.2 Å². The number of likely N-dealkylation sites (tertiary alicyclic amines) is 1. The van der Waals surface area contributed by atoms with Crippen molar-refractivity contribution in [2.75, 3.05) is 26.2 Å². The van der Waals surface area contributed by atoms with E-state index in [0.29, 0.717) is 17.7 Å². The predicted molar refractivity (Wildman–Crippen MR) is 57.5 cm³/mol. The van der Waals surface area contributed by atoms with Gasteiger partial charge in [0, 0.05) is 31.2 Å². The minimum atomic E-state index is 0.322. The highest BCUT2D eigenvalue weighted by atomic mass is 16.5. The molecule has 2 heterocycles. The SMILES string of the molecule is CCC(C)(C)N1CC2NCCOC2C1. The van der Waals surface area contributed by atoms with E-state index >= 15 is 0 Å². The van der Waals surface area contributed by atoms with Crippen molar-refractivity contribution in [3.05, 3.63) is 0 Å². The van der Waals surface area contributed by atoms with E-state index in [9.17, 15) is 0 Å². The Bertz CT molecular complexity index is 191. The van der Waals surface area contributed by atoms with Gasteiger partial charge in [0.15, 0.2) is 0 Å². The number of rotatable bonds is 2. The lowest BCUT2D eigenvalue weighted by molar-refractivity contribution is 0.0136. The van der Waals surface area contributed by atoms with Gasteiger partial charge in [-0.25, -0.2) is 0 Å². The second-order valence-electron chi connectivity index (χ2n) is 5.04. The summed E-state index contributed by atoms with van der Waals surface area (Å²) in [6, 6.07) is 0.564. The first-order valence-electron chi connectivity index (χ1n) is 5.73. The van der Waals surface area contributed by atoms with Gasteiger partial charge in [-0.3, -0.25) is 4.90 Å². The molecule has 0 saturated carbocycles. The number of nitrogens with zero attached hydrogens (tertiary/aromatic N) is 1. The van der Waals surface area contributed by atoms with Gasteiger partial charge >= 0.3 is 0 Å². The molecule has 2 saturated heterocycles. The monoisotopic (exact) mass is 198 g/mol. The van der Waals surface area contributed by atoms with E-state index in [-0.39, 0.29) is 0 Å². The third-order valence-corrected chi connectivity index (χ3v) is 3.83. The summed E-state index contributed by atoms with van der Waals surface area (Å²) in [6.45, 7) is 11.0. The van der Waals surface area contributed by atoms with Gasteiger partial charge in [0.2, 0.25) is 0 Å². The lowest BCUT2D eigenvalue weighted by Gasteiger charge is -2.34. The van der Waals surface area contributed by atoms with Gasteiger partial charge in [-0.05, 0) is 20.3 Å². The van der Waals surface area contributed by atoms with Crippen molar-refractivity contribution in [2.45, 2.75) is 44.9 Å². The van der Waals surface area contributed by atoms with Crippen LogP contribution in [0.15, 0.2) is 0 Å². The van der Waals surface area contributed by atoms with Crippen LogP contribution in [0.4, 0.5) is 0 Å². The Morgan fingerprint density at radius 3 is 2.86 bits per heavy atom. The highest BCUT2D eigenvalue weighted by Gasteiger charge is 2.40. The van der Waals surface area contributed by atoms with Crippen molar-refractivity contribution in [1.29, 1.82) is 0 Å². The number of hydrogen-bond acceptors (Lipinski definition) is 3. The van der Waals surface area contributed by atoms with Crippen LogP contribution in [0, 0.1) is 0 Å². The average Bonchev–Trinajstić information content (AvgIpc) is 2.61. The third-order valence-electron chi connectivity index (χ3n) is 3.83. The first-order valence-corrected chi connectivity index (χ1v) is 5.73. The number of ether oxygens (including phenoxy) is 1. The van der Waals surface area contributed by atoms with E-state index < -0.39 is 0 Å². The molecule has 2 atom stereocenters. The van der Waals surface area contributed by atoms with E-state index in [1.807, 2.05) is 0 Å². The summed E-state index contributed by atoms with van der Waals surface area (Å²) >= 11 is 0. The van der Waals surface area contributed by atoms with Crippen molar-refractivity contribution in [2.24, 2.45) is 0 Å². The van der Waals surface area contributed by atoms with Gasteiger partial charge < -0.3 is 10.1 Å². The molecule has 2 unspecified atom stereocenters. The maximum Gasteiger partial charge on any atom is 0.0867 e. The lowest BCUT2D eigenvalue weighted by Crippen LogP contribution is -2.47. The van der Waals surface area contributed by atoms with Crippen molar-refractivity contribution in [3.63, 3.8) is 0 Å². The second-order valence-corrected chi connectivity index (χ2v) is 5.04. The normalized spacial score (nSPS) is 34.5. The number of hydrogen-bond donors (Lipinski definition) is 1. The van der Waals surface area contributed by atoms with Crippen LogP contribution in [-0.2, 0) is 4.74 Å². The maximum absolute atomic E-state index is 5.77. The zero-order valence-corrected chi connectivity index (χ0v) is 9.55. The number of fused-ring (bicyclic) bond motifs is 1. The summed E-state index contributed by atoms with van der Waals surface area (Å²) in [7, 11) is 0. The van der Waals surface area contributed by atoms with E-state index in [1.165, 1.54) is 6.42 Å². The molecule has 0 aromatic heterocycles. The molecule has 82 valence electrons. The van der Waals surface area contributed by atoms with Crippen LogP contribution in [0.25, 0.3) is 0 Å². The smallest absolute Gasteiger partial charge is 0.0867 e. The molecular weight excluding hydrogens is 176 g/mol. The van der Waals surface area contributed by atoms with Crippen molar-refractivity contribution >= 4 is 0 Å². The summed E-state index contributed by atoms with van der Waals surface area (Å²) in [4.78, 5) is 2.56. The molecule has 2 rings (SSSR count). The van der Waals surface area contributed by atoms with E-state index in [1.54, 1.807) is 0 Å². The maximum atomic E-state index is 5.77. The molecule has 0 aromatic rings. The molecule has 3 nitrogen and oxygen atoms in total. The fraction of sp³-hybridized carbons (Fsp3) is 1.00. The average molecular weight is 198 g/mol. The van der Waals surface area contributed by atoms with Crippen LogP contribution in [-0.4, -0.2) is 48.8 Å². The van der Waals surface area contributed by atoms with Crippen LogP contribution in [0.1, 0.15) is 27.2 Å². The largest absolute Gasteiger partial charge is 0.374 e. The molecule has 2 aliphatic heterocycles. The van der Waals surface area contributed by atoms with Crippen LogP contribution in [0.5, 0.6) is 0 Å². The van der Waals surface area contributed by atoms with Gasteiger partial charge in [0.05, 0.1) is 12.7 Å². The minimum absolute atomic E-state index is 0.322. The molecule has 1 N–H and O–H groups in total. The van der Waals surface area contributed by atoms with Crippen LogP contribution in [0.3, 0.4) is 0 Å². The van der Waals surface area contributed by atoms with E-state index in [2.05, 4.69) is 31.0 Å². The van der Waals surface area contributed by atoms with Gasteiger partial charge in [0.25, 0.3) is 0 Å². The first kappa shape index (κ1) is 10.4. The standard InChI is InChI=1S/C11H22N2O/c1-4-11(2,3)13-7-9-10(8-13)14-6-5-12-9/h9-10,12H,4-8H2,1-3H3. The molecule has 2 aliphatic rings. The molecule has 0 bridgehead atoms. The Balaban J connectivity index is 1.99. The molecule has 0 radical (unpaired) electrons. The summed E-state index contributed by atoms with van der Waals surface area (Å²) in [6.07, 6.45) is 1.63. The van der Waals surface area contributed by atoms with Crippen molar-refractivity contribution in [3.8, 4) is 0 Å². The number of morpholine rings is 1. The molecule has 14 heavy (non-hydrogen) atoms. The molecule has 2 fully saturated rings. The Morgan fingerprint density at radius 2 is 2.21 bits per heavy atom. The second kappa shape index (κ2) is 3.80. The molecule has 3 heteroatoms. The highest BCUT2D eigenvalue weighted by molar-refractivity contribution is 4.97. The summed E-state index contributed by atoms with van der Waals surface area (Å²) < 4.78 is 5.77. The molecular formula is C11H22N2O. The fourth-order valence-corrected chi connectivity index (χ4v) is 2.31. The zero-order chi connectivity index (χ0) is 10.2. The minimum Gasteiger partial charge on any atom is -0.374 e. The van der Waals surface area contributed by atoms with Crippen LogP contribution in [0.2, 0.25) is 0 Å². The van der Waals surface area contributed by atoms with Gasteiger partial charge in [-0.1, -0.05) is 6.92 Å². The van der Waals surface area contributed by atoms with E-state index in [4.69, 9.17) is 4.74 Å². The topological polar surface area (TPSA) is 24.5 Å². The summed E-state index contributed by atoms with van der Waals surface area (Å²) in [5, 5.41) is 3.54. The zero-order valence-electron chi connectivity index (χ0n) is 9.55. The number of nitrogens with one attached hydrogen (secondary N) is 1. The van der Waals surface area contributed by atoms with Crippen molar-refractivity contribution < 1.29 is 4.74 Å². The molecule has 0 aliphatic carbocycles. The predicted octanol–water partition coefficient (Wildman–Crippen LogP) is 0.848. The molecule has 0 spiro atoms. The third kappa shape index (κ3) is 1.81.